The molecule has 0 aliphatic heterocycles. The molecule has 0 N–H and O–H groups in total. The molecule has 3 aromatic rings. The number of likely N-dealkylation sites (N-methyl/N-ethyl adjacent to an activating group) is 1. The molecule has 6 nitrogen and oxygen atoms in total. The monoisotopic (exact) mass is 515 g/mol. The summed E-state index contributed by atoms with van der Waals surface area (Å²) < 4.78 is 17.3. The maximum absolute atomic E-state index is 13.3. The predicted octanol–water partition coefficient (Wildman–Crippen LogP) is 6.43. The lowest BCUT2D eigenvalue weighted by molar-refractivity contribution is -0.0575. The van der Waals surface area contributed by atoms with Gasteiger partial charge in [-0.15, -0.1) is 0 Å². The first-order valence-corrected chi connectivity index (χ1v) is 13.2. The van der Waals surface area contributed by atoms with Gasteiger partial charge in [0, 0.05) is 12.5 Å². The van der Waals surface area contributed by atoms with E-state index in [0.29, 0.717) is 22.6 Å². The number of carbonyl (C=O) groups is 2. The molecule has 38 heavy (non-hydrogen) atoms. The summed E-state index contributed by atoms with van der Waals surface area (Å²) >= 11 is 0. The van der Waals surface area contributed by atoms with Gasteiger partial charge in [-0.2, -0.15) is 0 Å². The number of nitrogens with zero attached hydrogens (tertiary/aromatic N) is 1. The molecule has 1 aliphatic rings. The van der Waals surface area contributed by atoms with Crippen LogP contribution in [0.5, 0.6) is 11.5 Å². The Morgan fingerprint density at radius 2 is 1.34 bits per heavy atom. The lowest BCUT2D eigenvalue weighted by Crippen LogP contribution is -2.46. The highest BCUT2D eigenvalue weighted by Crippen LogP contribution is 2.44. The zero-order chi connectivity index (χ0) is 27.1. The highest BCUT2D eigenvalue weighted by atomic mass is 16.6. The van der Waals surface area contributed by atoms with Gasteiger partial charge in [0.15, 0.2) is 0 Å². The number of ether oxygens (including phenoxy) is 3. The standard InChI is InChI=1S/C32H37NO5/c1-23-8-10-25(11-9-23)30(34)37-28-18-12-24(13-19-28)29(22-33(2)3)32(20-6-5-7-21-32)38-31(35)26-14-16-27(36-4)17-15-26/h8-19,29H,5-7,20-22H2,1-4H3. The van der Waals surface area contributed by atoms with Crippen molar-refractivity contribution >= 4 is 11.9 Å². The third kappa shape index (κ3) is 6.62. The summed E-state index contributed by atoms with van der Waals surface area (Å²) in [5.41, 5.74) is 2.54. The molecule has 0 bridgehead atoms. The van der Waals surface area contributed by atoms with Gasteiger partial charge in [0.25, 0.3) is 0 Å². The van der Waals surface area contributed by atoms with Crippen molar-refractivity contribution in [2.45, 2.75) is 50.5 Å². The van der Waals surface area contributed by atoms with E-state index in [2.05, 4.69) is 4.90 Å². The number of carbonyl (C=O) groups excluding carboxylic acids is 2. The van der Waals surface area contributed by atoms with Gasteiger partial charge in [-0.05, 0) is 101 Å². The first-order valence-electron chi connectivity index (χ1n) is 13.2. The second-order valence-electron chi connectivity index (χ2n) is 10.4. The van der Waals surface area contributed by atoms with Crippen LogP contribution in [0, 0.1) is 6.92 Å². The summed E-state index contributed by atoms with van der Waals surface area (Å²) in [6, 6.07) is 22.0. The van der Waals surface area contributed by atoms with Crippen LogP contribution in [-0.2, 0) is 4.74 Å². The number of benzene rings is 3. The van der Waals surface area contributed by atoms with Crippen molar-refractivity contribution in [3.8, 4) is 11.5 Å². The fraction of sp³-hybridized carbons (Fsp3) is 0.375. The predicted molar refractivity (Wildman–Crippen MR) is 148 cm³/mol. The largest absolute Gasteiger partial charge is 0.497 e. The Hall–Kier alpha value is -3.64. The molecule has 0 amide bonds. The van der Waals surface area contributed by atoms with Gasteiger partial charge in [0.2, 0.25) is 0 Å². The van der Waals surface area contributed by atoms with E-state index in [-0.39, 0.29) is 17.9 Å². The van der Waals surface area contributed by atoms with Crippen molar-refractivity contribution in [3.63, 3.8) is 0 Å². The fourth-order valence-electron chi connectivity index (χ4n) is 5.21. The maximum atomic E-state index is 13.3. The molecule has 0 heterocycles. The third-order valence-corrected chi connectivity index (χ3v) is 7.28. The summed E-state index contributed by atoms with van der Waals surface area (Å²) in [5.74, 6) is 0.432. The lowest BCUT2D eigenvalue weighted by atomic mass is 9.72. The zero-order valence-electron chi connectivity index (χ0n) is 22.7. The topological polar surface area (TPSA) is 65.1 Å². The second-order valence-corrected chi connectivity index (χ2v) is 10.4. The van der Waals surface area contributed by atoms with Crippen molar-refractivity contribution in [1.82, 2.24) is 4.90 Å². The average molecular weight is 516 g/mol. The Morgan fingerprint density at radius 3 is 1.92 bits per heavy atom. The summed E-state index contributed by atoms with van der Waals surface area (Å²) in [5, 5.41) is 0. The molecule has 3 aromatic carbocycles. The summed E-state index contributed by atoms with van der Waals surface area (Å²) in [6.07, 6.45) is 4.75. The second kappa shape index (κ2) is 12.3. The molecule has 1 atom stereocenters. The number of hydrogen-bond donors (Lipinski definition) is 0. The van der Waals surface area contributed by atoms with Crippen LogP contribution in [0.2, 0.25) is 0 Å². The van der Waals surface area contributed by atoms with Gasteiger partial charge in [-0.3, -0.25) is 0 Å². The quantitative estimate of drug-likeness (QED) is 0.242. The first-order chi connectivity index (χ1) is 18.3. The highest BCUT2D eigenvalue weighted by molar-refractivity contribution is 5.91. The normalized spacial score (nSPS) is 15.5. The van der Waals surface area contributed by atoms with E-state index < -0.39 is 5.60 Å². The van der Waals surface area contributed by atoms with Gasteiger partial charge in [-0.1, -0.05) is 36.2 Å². The van der Waals surface area contributed by atoms with Crippen LogP contribution in [0.3, 0.4) is 0 Å². The molecular weight excluding hydrogens is 478 g/mol. The van der Waals surface area contributed by atoms with Gasteiger partial charge in [0.1, 0.15) is 17.1 Å². The van der Waals surface area contributed by atoms with Gasteiger partial charge < -0.3 is 19.1 Å². The van der Waals surface area contributed by atoms with Crippen molar-refractivity contribution in [1.29, 1.82) is 0 Å². The van der Waals surface area contributed by atoms with Gasteiger partial charge in [0.05, 0.1) is 18.2 Å². The van der Waals surface area contributed by atoms with Crippen LogP contribution in [-0.4, -0.2) is 50.2 Å². The van der Waals surface area contributed by atoms with Gasteiger partial charge in [-0.25, -0.2) is 9.59 Å². The molecule has 0 spiro atoms. The van der Waals surface area contributed by atoms with E-state index in [1.165, 1.54) is 0 Å². The minimum absolute atomic E-state index is 0.0400. The molecule has 0 aromatic heterocycles. The Bertz CT molecular complexity index is 1210. The number of hydrogen-bond acceptors (Lipinski definition) is 6. The molecule has 0 saturated heterocycles. The third-order valence-electron chi connectivity index (χ3n) is 7.28. The first kappa shape index (κ1) is 27.4. The van der Waals surface area contributed by atoms with Crippen LogP contribution < -0.4 is 9.47 Å². The van der Waals surface area contributed by atoms with E-state index >= 15 is 0 Å². The smallest absolute Gasteiger partial charge is 0.343 e. The Labute approximate surface area is 225 Å². The Balaban J connectivity index is 1.58. The van der Waals surface area contributed by atoms with E-state index in [0.717, 1.165) is 49.8 Å². The zero-order valence-corrected chi connectivity index (χ0v) is 22.7. The van der Waals surface area contributed by atoms with Crippen LogP contribution in [0.4, 0.5) is 0 Å². The lowest BCUT2D eigenvalue weighted by Gasteiger charge is -2.44. The van der Waals surface area contributed by atoms with E-state index in [1.54, 1.807) is 43.5 Å². The van der Waals surface area contributed by atoms with Crippen LogP contribution in [0.1, 0.15) is 69.9 Å². The summed E-state index contributed by atoms with van der Waals surface area (Å²) in [4.78, 5) is 28.1. The number of aryl methyl sites for hydroxylation is 1. The molecular formula is C32H37NO5. The summed E-state index contributed by atoms with van der Waals surface area (Å²) in [6.45, 7) is 2.70. The molecule has 1 unspecified atom stereocenters. The Kier molecular flexibility index (Phi) is 8.85. The van der Waals surface area contributed by atoms with Crippen LogP contribution >= 0.6 is 0 Å². The molecule has 1 saturated carbocycles. The number of rotatable bonds is 9. The van der Waals surface area contributed by atoms with E-state index in [9.17, 15) is 9.59 Å². The number of methoxy groups -OCH3 is 1. The summed E-state index contributed by atoms with van der Waals surface area (Å²) in [7, 11) is 5.67. The molecule has 200 valence electrons. The van der Waals surface area contributed by atoms with Crippen molar-refractivity contribution in [3.05, 3.63) is 95.1 Å². The van der Waals surface area contributed by atoms with Crippen molar-refractivity contribution in [2.24, 2.45) is 0 Å². The van der Waals surface area contributed by atoms with Gasteiger partial charge >= 0.3 is 11.9 Å². The molecule has 4 rings (SSSR count). The van der Waals surface area contributed by atoms with Crippen LogP contribution in [0.15, 0.2) is 72.8 Å². The Morgan fingerprint density at radius 1 is 0.789 bits per heavy atom. The van der Waals surface area contributed by atoms with E-state index in [1.807, 2.05) is 57.4 Å². The van der Waals surface area contributed by atoms with Crippen molar-refractivity contribution < 1.29 is 23.8 Å². The number of esters is 2. The fourth-order valence-corrected chi connectivity index (χ4v) is 5.21. The average Bonchev–Trinajstić information content (AvgIpc) is 2.93. The minimum atomic E-state index is -0.625. The molecule has 0 radical (unpaired) electrons. The minimum Gasteiger partial charge on any atom is -0.497 e. The molecule has 1 fully saturated rings. The maximum Gasteiger partial charge on any atom is 0.343 e. The van der Waals surface area contributed by atoms with Crippen molar-refractivity contribution in [2.75, 3.05) is 27.7 Å². The highest BCUT2D eigenvalue weighted by Gasteiger charge is 2.44. The molecule has 6 heteroatoms. The van der Waals surface area contributed by atoms with Crippen LogP contribution in [0.25, 0.3) is 0 Å². The van der Waals surface area contributed by atoms with E-state index in [4.69, 9.17) is 14.2 Å². The SMILES string of the molecule is COc1ccc(C(=O)OC2(C(CN(C)C)c3ccc(OC(=O)c4ccc(C)cc4)cc3)CCCCC2)cc1. The molecule has 1 aliphatic carbocycles.